The minimum absolute atomic E-state index is 0.00571. The van der Waals surface area contributed by atoms with Gasteiger partial charge in [0.1, 0.15) is 0 Å². The van der Waals surface area contributed by atoms with Crippen LogP contribution in [0.25, 0.3) is 0 Å². The summed E-state index contributed by atoms with van der Waals surface area (Å²) < 4.78 is 0. The second-order valence-corrected chi connectivity index (χ2v) is 5.15. The van der Waals surface area contributed by atoms with Gasteiger partial charge in [-0.25, -0.2) is 5.43 Å². The van der Waals surface area contributed by atoms with E-state index in [1.165, 1.54) is 25.7 Å². The van der Waals surface area contributed by atoms with Crippen LogP contribution in [0.5, 0.6) is 0 Å². The van der Waals surface area contributed by atoms with Crippen LogP contribution in [-0.4, -0.2) is 12.1 Å². The molecule has 114 valence electrons. The maximum Gasteiger partial charge on any atom is 0.240 e. The fourth-order valence-electron chi connectivity index (χ4n) is 2.06. The quantitative estimate of drug-likeness (QED) is 0.278. The number of nitrogens with one attached hydrogen (secondary N) is 1. The molecule has 1 N–H and O–H groups in total. The molecule has 0 aliphatic rings. The molecule has 0 fully saturated rings. The van der Waals surface area contributed by atoms with Crippen molar-refractivity contribution in [3.8, 4) is 0 Å². The van der Waals surface area contributed by atoms with E-state index in [0.29, 0.717) is 6.42 Å². The Morgan fingerprint density at radius 1 is 1.05 bits per heavy atom. The summed E-state index contributed by atoms with van der Waals surface area (Å²) in [5.74, 6) is -0.00571. The van der Waals surface area contributed by atoms with E-state index in [-0.39, 0.29) is 5.91 Å². The van der Waals surface area contributed by atoms with Crippen LogP contribution < -0.4 is 5.43 Å². The molecule has 0 saturated heterocycles. The highest BCUT2D eigenvalue weighted by atomic mass is 16.2. The number of hydrazone groups is 1. The fourth-order valence-corrected chi connectivity index (χ4v) is 2.06. The Bertz CT molecular complexity index is 426. The number of benzene rings is 1. The number of nitrogens with zero attached hydrogens (tertiary/aromatic N) is 1. The molecule has 0 heterocycles. The zero-order valence-electron chi connectivity index (χ0n) is 12.8. The predicted octanol–water partition coefficient (Wildman–Crippen LogP) is 4.44. The zero-order chi connectivity index (χ0) is 15.2. The van der Waals surface area contributed by atoms with E-state index in [0.717, 1.165) is 24.8 Å². The lowest BCUT2D eigenvalue weighted by Crippen LogP contribution is -2.16. The molecule has 1 aromatic carbocycles. The Balaban J connectivity index is 1.99. The molecule has 0 bridgehead atoms. The van der Waals surface area contributed by atoms with E-state index in [9.17, 15) is 4.79 Å². The van der Waals surface area contributed by atoms with Gasteiger partial charge in [0.05, 0.1) is 6.21 Å². The van der Waals surface area contributed by atoms with Crippen LogP contribution in [0.3, 0.4) is 0 Å². The van der Waals surface area contributed by atoms with Gasteiger partial charge in [-0.2, -0.15) is 5.10 Å². The van der Waals surface area contributed by atoms with Gasteiger partial charge in [-0.3, -0.25) is 4.79 Å². The number of allylic oxidation sites excluding steroid dienone is 1. The molecule has 0 unspecified atom stereocenters. The molecule has 3 heteroatoms. The number of rotatable bonds is 11. The molecular weight excluding hydrogens is 260 g/mol. The molecule has 0 radical (unpaired) electrons. The zero-order valence-corrected chi connectivity index (χ0v) is 12.8. The van der Waals surface area contributed by atoms with Crippen molar-refractivity contribution in [3.05, 3.63) is 48.6 Å². The van der Waals surface area contributed by atoms with E-state index in [1.54, 1.807) is 6.21 Å². The first-order chi connectivity index (χ1) is 10.3. The molecule has 1 aromatic rings. The number of hydrogen-bond donors (Lipinski definition) is 1. The van der Waals surface area contributed by atoms with Crippen LogP contribution in [0, 0.1) is 0 Å². The average Bonchev–Trinajstić information content (AvgIpc) is 2.51. The number of amides is 1. The first-order valence-corrected chi connectivity index (χ1v) is 7.81. The Morgan fingerprint density at radius 2 is 1.71 bits per heavy atom. The summed E-state index contributed by atoms with van der Waals surface area (Å²) in [6.45, 7) is 3.72. The first-order valence-electron chi connectivity index (χ1n) is 7.81. The molecule has 0 aliphatic carbocycles. The van der Waals surface area contributed by atoms with Crippen molar-refractivity contribution < 1.29 is 4.79 Å². The van der Waals surface area contributed by atoms with Crippen molar-refractivity contribution in [1.29, 1.82) is 0 Å². The average molecular weight is 286 g/mol. The lowest BCUT2D eigenvalue weighted by atomic mass is 10.1. The minimum atomic E-state index is -0.00571. The van der Waals surface area contributed by atoms with Gasteiger partial charge in [0.15, 0.2) is 0 Å². The molecule has 0 spiro atoms. The van der Waals surface area contributed by atoms with Crippen molar-refractivity contribution >= 4 is 12.1 Å². The van der Waals surface area contributed by atoms with E-state index < -0.39 is 0 Å². The number of carbonyl (C=O) groups excluding carboxylic acids is 1. The van der Waals surface area contributed by atoms with Crippen molar-refractivity contribution in [2.75, 3.05) is 0 Å². The molecule has 0 atom stereocenters. The number of carbonyl (C=O) groups is 1. The molecule has 1 rings (SSSR count). The van der Waals surface area contributed by atoms with Crippen LogP contribution in [0.2, 0.25) is 0 Å². The summed E-state index contributed by atoms with van der Waals surface area (Å²) >= 11 is 0. The normalized spacial score (nSPS) is 10.7. The third kappa shape index (κ3) is 9.61. The van der Waals surface area contributed by atoms with Gasteiger partial charge >= 0.3 is 0 Å². The van der Waals surface area contributed by atoms with Crippen LogP contribution in [-0.2, 0) is 4.79 Å². The highest BCUT2D eigenvalue weighted by Gasteiger charge is 1.99. The lowest BCUT2D eigenvalue weighted by molar-refractivity contribution is -0.121. The van der Waals surface area contributed by atoms with Crippen LogP contribution in [0.1, 0.15) is 56.9 Å². The van der Waals surface area contributed by atoms with Gasteiger partial charge in [-0.15, -0.1) is 6.58 Å². The molecule has 0 saturated carbocycles. The van der Waals surface area contributed by atoms with Gasteiger partial charge in [-0.1, -0.05) is 62.1 Å². The summed E-state index contributed by atoms with van der Waals surface area (Å²) in [7, 11) is 0. The second kappa shape index (κ2) is 11.9. The molecule has 1 amide bonds. The molecular formula is C18H26N2O. The molecule has 3 nitrogen and oxygen atoms in total. The maximum atomic E-state index is 11.6. The van der Waals surface area contributed by atoms with E-state index in [2.05, 4.69) is 17.1 Å². The first kappa shape index (κ1) is 17.2. The predicted molar refractivity (Wildman–Crippen MR) is 89.3 cm³/mol. The number of unbranched alkanes of at least 4 members (excludes halogenated alkanes) is 6. The van der Waals surface area contributed by atoms with Crippen molar-refractivity contribution in [3.63, 3.8) is 0 Å². The van der Waals surface area contributed by atoms with Crippen molar-refractivity contribution in [2.24, 2.45) is 5.10 Å². The molecule has 0 aromatic heterocycles. The fraction of sp³-hybridized carbons (Fsp3) is 0.444. The molecule has 0 aliphatic heterocycles. The number of hydrogen-bond acceptors (Lipinski definition) is 2. The molecule has 21 heavy (non-hydrogen) atoms. The van der Waals surface area contributed by atoms with Crippen LogP contribution in [0.4, 0.5) is 0 Å². The summed E-state index contributed by atoms with van der Waals surface area (Å²) in [5.41, 5.74) is 3.55. The Morgan fingerprint density at radius 3 is 2.43 bits per heavy atom. The van der Waals surface area contributed by atoms with Crippen molar-refractivity contribution in [1.82, 2.24) is 5.43 Å². The van der Waals surface area contributed by atoms with E-state index >= 15 is 0 Å². The third-order valence-electron chi connectivity index (χ3n) is 3.26. The third-order valence-corrected chi connectivity index (χ3v) is 3.26. The smallest absolute Gasteiger partial charge is 0.240 e. The summed E-state index contributed by atoms with van der Waals surface area (Å²) in [5, 5.41) is 3.96. The summed E-state index contributed by atoms with van der Waals surface area (Å²) in [4.78, 5) is 11.6. The van der Waals surface area contributed by atoms with Gasteiger partial charge in [0, 0.05) is 6.42 Å². The second-order valence-electron chi connectivity index (χ2n) is 5.15. The SMILES string of the molecule is C=CCCCCCCCCC(=O)N/N=C\c1ccccc1. The standard InChI is InChI=1S/C18H26N2O/c1-2-3-4-5-6-7-8-12-15-18(21)20-19-16-17-13-10-9-11-14-17/h2,9-11,13-14,16H,1,3-8,12,15H2,(H,20,21)/b19-16-. The van der Waals surface area contributed by atoms with Gasteiger partial charge in [0.25, 0.3) is 0 Å². The van der Waals surface area contributed by atoms with Gasteiger partial charge < -0.3 is 0 Å². The van der Waals surface area contributed by atoms with Crippen LogP contribution >= 0.6 is 0 Å². The lowest BCUT2D eigenvalue weighted by Gasteiger charge is -2.01. The Kier molecular flexibility index (Phi) is 9.71. The van der Waals surface area contributed by atoms with Crippen LogP contribution in [0.15, 0.2) is 48.1 Å². The van der Waals surface area contributed by atoms with Gasteiger partial charge in [-0.05, 0) is 24.8 Å². The Labute approximate surface area is 128 Å². The summed E-state index contributed by atoms with van der Waals surface area (Å²) in [6, 6.07) is 9.73. The van der Waals surface area contributed by atoms with E-state index in [1.807, 2.05) is 36.4 Å². The summed E-state index contributed by atoms with van der Waals surface area (Å²) in [6.07, 6.45) is 12.3. The Hall–Kier alpha value is -1.90. The maximum absolute atomic E-state index is 11.6. The topological polar surface area (TPSA) is 41.5 Å². The van der Waals surface area contributed by atoms with E-state index in [4.69, 9.17) is 0 Å². The highest BCUT2D eigenvalue weighted by Crippen LogP contribution is 2.08. The highest BCUT2D eigenvalue weighted by molar-refractivity contribution is 5.82. The minimum Gasteiger partial charge on any atom is -0.273 e. The van der Waals surface area contributed by atoms with Crippen molar-refractivity contribution in [2.45, 2.75) is 51.4 Å². The van der Waals surface area contributed by atoms with Gasteiger partial charge in [0.2, 0.25) is 5.91 Å². The monoisotopic (exact) mass is 286 g/mol. The largest absolute Gasteiger partial charge is 0.273 e.